The van der Waals surface area contributed by atoms with E-state index in [1.807, 2.05) is 6.92 Å². The number of halogens is 1. The summed E-state index contributed by atoms with van der Waals surface area (Å²) < 4.78 is 12.2. The number of hydrogen-bond acceptors (Lipinski definition) is 4. The van der Waals surface area contributed by atoms with Crippen LogP contribution in [-0.4, -0.2) is 89.4 Å². The average molecular weight is 542 g/mol. The lowest BCUT2D eigenvalue weighted by atomic mass is 9.95. The number of nitrogens with one attached hydrogen (secondary N) is 2. The van der Waals surface area contributed by atoms with E-state index in [-0.39, 0.29) is 24.0 Å². The lowest BCUT2D eigenvalue weighted by Gasteiger charge is -2.35. The molecule has 1 aliphatic heterocycles. The molecule has 0 aromatic heterocycles. The molecule has 172 valence electrons. The summed E-state index contributed by atoms with van der Waals surface area (Å²) in [4.78, 5) is 9.98. The summed E-state index contributed by atoms with van der Waals surface area (Å²) in [6.07, 6.45) is 4.42. The fourth-order valence-corrected chi connectivity index (χ4v) is 5.65. The van der Waals surface area contributed by atoms with Crippen LogP contribution in [0, 0.1) is 5.92 Å². The molecule has 0 aromatic carbocycles. The first-order valence-corrected chi connectivity index (χ1v) is 12.8. The molecule has 2 N–H and O–H groups in total. The monoisotopic (exact) mass is 541 g/mol. The number of piperazine rings is 1. The van der Waals surface area contributed by atoms with Crippen LogP contribution in [0.1, 0.15) is 53.4 Å². The Hall–Kier alpha value is 0.0700. The van der Waals surface area contributed by atoms with Crippen molar-refractivity contribution in [1.82, 2.24) is 20.4 Å². The summed E-state index contributed by atoms with van der Waals surface area (Å²) in [7, 11) is -0.681. The van der Waals surface area contributed by atoms with Gasteiger partial charge in [-0.05, 0) is 38.6 Å². The van der Waals surface area contributed by atoms with Gasteiger partial charge >= 0.3 is 0 Å². The minimum Gasteiger partial charge on any atom is -0.357 e. The van der Waals surface area contributed by atoms with Crippen molar-refractivity contribution >= 4 is 40.7 Å². The lowest BCUT2D eigenvalue weighted by molar-refractivity contribution is 0.125. The predicted molar refractivity (Wildman–Crippen MR) is 137 cm³/mol. The molecule has 2 fully saturated rings. The van der Waals surface area contributed by atoms with Gasteiger partial charge in [0.15, 0.2) is 5.96 Å². The van der Waals surface area contributed by atoms with Crippen molar-refractivity contribution in [3.05, 3.63) is 0 Å². The summed E-state index contributed by atoms with van der Waals surface area (Å²) in [6, 6.07) is 0.393. The van der Waals surface area contributed by atoms with Gasteiger partial charge in [-0.25, -0.2) is 0 Å². The maximum atomic E-state index is 12.2. The normalized spacial score (nSPS) is 26.4. The zero-order valence-corrected chi connectivity index (χ0v) is 22.1. The first kappa shape index (κ1) is 27.1. The maximum Gasteiger partial charge on any atom is 0.191 e. The van der Waals surface area contributed by atoms with Crippen molar-refractivity contribution in [1.29, 1.82) is 0 Å². The van der Waals surface area contributed by atoms with E-state index in [0.717, 1.165) is 57.0 Å². The van der Waals surface area contributed by atoms with Gasteiger partial charge in [0.05, 0.1) is 0 Å². The van der Waals surface area contributed by atoms with Crippen molar-refractivity contribution in [2.45, 2.75) is 64.7 Å². The molecule has 6 nitrogen and oxygen atoms in total. The van der Waals surface area contributed by atoms with E-state index in [1.165, 1.54) is 32.7 Å². The highest BCUT2D eigenvalue weighted by Crippen LogP contribution is 2.23. The van der Waals surface area contributed by atoms with Gasteiger partial charge in [0.1, 0.15) is 0 Å². The van der Waals surface area contributed by atoms with Crippen LogP contribution < -0.4 is 10.6 Å². The van der Waals surface area contributed by atoms with E-state index in [4.69, 9.17) is 4.99 Å². The van der Waals surface area contributed by atoms with Crippen LogP contribution in [0.4, 0.5) is 0 Å². The smallest absolute Gasteiger partial charge is 0.191 e. The first-order chi connectivity index (χ1) is 13.5. The molecule has 0 bridgehead atoms. The fraction of sp³-hybridized carbons (Fsp3) is 0.952. The third kappa shape index (κ3) is 9.82. The SMILES string of the molecule is CCNC(=NCC(C)CN1CCN(CC)CC1)NC1CCCC(S(=O)CC)C1.I. The van der Waals surface area contributed by atoms with Gasteiger partial charge in [0, 0.05) is 73.7 Å². The molecule has 1 heterocycles. The summed E-state index contributed by atoms with van der Waals surface area (Å²) in [6.45, 7) is 17.5. The number of nitrogens with zero attached hydrogens (tertiary/aromatic N) is 3. The molecule has 2 rings (SSSR count). The number of guanidine groups is 1. The van der Waals surface area contributed by atoms with Crippen LogP contribution in [0.15, 0.2) is 4.99 Å². The van der Waals surface area contributed by atoms with E-state index >= 15 is 0 Å². The molecule has 0 spiro atoms. The molecular formula is C21H44IN5OS. The Bertz CT molecular complexity index is 499. The zero-order chi connectivity index (χ0) is 20.4. The van der Waals surface area contributed by atoms with Crippen LogP contribution in [0.25, 0.3) is 0 Å². The minimum absolute atomic E-state index is 0. The summed E-state index contributed by atoms with van der Waals surface area (Å²) >= 11 is 0. The van der Waals surface area contributed by atoms with E-state index in [9.17, 15) is 4.21 Å². The van der Waals surface area contributed by atoms with Gasteiger partial charge in [-0.3, -0.25) is 9.20 Å². The zero-order valence-electron chi connectivity index (χ0n) is 19.0. The minimum atomic E-state index is -0.681. The maximum absolute atomic E-state index is 12.2. The van der Waals surface area contributed by atoms with Crippen LogP contribution in [0.2, 0.25) is 0 Å². The average Bonchev–Trinajstić information content (AvgIpc) is 2.72. The quantitative estimate of drug-likeness (QED) is 0.267. The lowest BCUT2D eigenvalue weighted by Crippen LogP contribution is -2.48. The molecule has 1 saturated carbocycles. The van der Waals surface area contributed by atoms with Crippen molar-refractivity contribution in [3.8, 4) is 0 Å². The Morgan fingerprint density at radius 3 is 2.45 bits per heavy atom. The van der Waals surface area contributed by atoms with Crippen LogP contribution in [-0.2, 0) is 10.8 Å². The molecule has 8 heteroatoms. The van der Waals surface area contributed by atoms with Crippen molar-refractivity contribution < 1.29 is 4.21 Å². The number of rotatable bonds is 9. The standard InChI is InChI=1S/C21H43N5OS.HI/c1-5-22-21(24-19-9-8-10-20(15-19)28(27)7-3)23-16-18(4)17-26-13-11-25(6-2)12-14-26;/h18-20H,5-17H2,1-4H3,(H2,22,23,24);1H. The largest absolute Gasteiger partial charge is 0.357 e. The Labute approximate surface area is 198 Å². The van der Waals surface area contributed by atoms with Crippen LogP contribution in [0.5, 0.6) is 0 Å². The Morgan fingerprint density at radius 1 is 1.14 bits per heavy atom. The van der Waals surface area contributed by atoms with Gasteiger partial charge in [0.2, 0.25) is 0 Å². The van der Waals surface area contributed by atoms with Crippen LogP contribution in [0.3, 0.4) is 0 Å². The molecule has 4 atom stereocenters. The number of likely N-dealkylation sites (N-methyl/N-ethyl adjacent to an activating group) is 1. The van der Waals surface area contributed by atoms with Gasteiger partial charge in [-0.2, -0.15) is 0 Å². The Balaban J connectivity index is 0.00000420. The molecule has 29 heavy (non-hydrogen) atoms. The van der Waals surface area contributed by atoms with E-state index in [2.05, 4.69) is 41.2 Å². The van der Waals surface area contributed by atoms with E-state index in [1.54, 1.807) is 0 Å². The number of hydrogen-bond donors (Lipinski definition) is 2. The topological polar surface area (TPSA) is 60.0 Å². The van der Waals surface area contributed by atoms with Gasteiger partial charge in [-0.15, -0.1) is 24.0 Å². The second-order valence-corrected chi connectivity index (χ2v) is 10.4. The molecule has 1 saturated heterocycles. The van der Waals surface area contributed by atoms with Gasteiger partial charge in [-0.1, -0.05) is 27.2 Å². The molecular weight excluding hydrogens is 497 g/mol. The summed E-state index contributed by atoms with van der Waals surface area (Å²) in [5.74, 6) is 2.25. The molecule has 0 amide bonds. The molecule has 2 aliphatic rings. The molecule has 4 unspecified atom stereocenters. The molecule has 0 radical (unpaired) electrons. The van der Waals surface area contributed by atoms with Gasteiger partial charge in [0.25, 0.3) is 0 Å². The molecule has 1 aliphatic carbocycles. The van der Waals surface area contributed by atoms with Crippen molar-refractivity contribution in [2.24, 2.45) is 10.9 Å². The number of aliphatic imine (C=N–C) groups is 1. The highest BCUT2D eigenvalue weighted by Gasteiger charge is 2.26. The predicted octanol–water partition coefficient (Wildman–Crippen LogP) is 2.51. The summed E-state index contributed by atoms with van der Waals surface area (Å²) in [5.41, 5.74) is 0. The Morgan fingerprint density at radius 2 is 1.83 bits per heavy atom. The first-order valence-electron chi connectivity index (χ1n) is 11.4. The third-order valence-corrected chi connectivity index (χ3v) is 7.75. The second kappa shape index (κ2) is 15.0. The van der Waals surface area contributed by atoms with Crippen molar-refractivity contribution in [2.75, 3.05) is 58.1 Å². The van der Waals surface area contributed by atoms with Crippen LogP contribution >= 0.6 is 24.0 Å². The highest BCUT2D eigenvalue weighted by molar-refractivity contribution is 14.0. The highest BCUT2D eigenvalue weighted by atomic mass is 127. The van der Waals surface area contributed by atoms with Crippen molar-refractivity contribution in [3.63, 3.8) is 0 Å². The van der Waals surface area contributed by atoms with E-state index < -0.39 is 10.8 Å². The van der Waals surface area contributed by atoms with Gasteiger partial charge < -0.3 is 20.4 Å². The third-order valence-electron chi connectivity index (χ3n) is 6.01. The molecule has 0 aromatic rings. The Kier molecular flexibility index (Phi) is 14.0. The summed E-state index contributed by atoms with van der Waals surface area (Å²) in [5, 5.41) is 7.37. The fourth-order valence-electron chi connectivity index (χ4n) is 4.30. The van der Waals surface area contributed by atoms with E-state index in [0.29, 0.717) is 17.2 Å². The second-order valence-electron chi connectivity index (χ2n) is 8.36.